The van der Waals surface area contributed by atoms with Gasteiger partial charge in [0, 0.05) is 12.0 Å². The Hall–Kier alpha value is -2.45. The molecule has 0 amide bonds. The van der Waals surface area contributed by atoms with Crippen LogP contribution in [0.1, 0.15) is 30.3 Å². The number of benzene rings is 1. The summed E-state index contributed by atoms with van der Waals surface area (Å²) in [6, 6.07) is 7.29. The maximum absolute atomic E-state index is 11.9. The molecule has 0 spiro atoms. The van der Waals surface area contributed by atoms with E-state index in [1.54, 1.807) is 6.92 Å². The molecule has 8 heteroatoms. The second-order valence-electron chi connectivity index (χ2n) is 5.43. The lowest BCUT2D eigenvalue weighted by Gasteiger charge is -2.23. The van der Waals surface area contributed by atoms with Crippen molar-refractivity contribution in [2.75, 3.05) is 26.4 Å². The van der Waals surface area contributed by atoms with E-state index in [0.29, 0.717) is 18.7 Å². The van der Waals surface area contributed by atoms with Crippen molar-refractivity contribution in [1.29, 1.82) is 0 Å². The molecule has 2 aromatic rings. The second-order valence-corrected chi connectivity index (χ2v) is 5.43. The van der Waals surface area contributed by atoms with Gasteiger partial charge >= 0.3 is 5.97 Å². The number of ether oxygens (including phenoxy) is 4. The van der Waals surface area contributed by atoms with Crippen molar-refractivity contribution < 1.29 is 23.7 Å². The number of H-pyrrole nitrogens is 1. The van der Waals surface area contributed by atoms with Crippen LogP contribution in [0.15, 0.2) is 24.3 Å². The van der Waals surface area contributed by atoms with E-state index < -0.39 is 5.97 Å². The van der Waals surface area contributed by atoms with E-state index in [-0.39, 0.29) is 18.6 Å². The smallest absolute Gasteiger partial charge is 0.361 e. The lowest BCUT2D eigenvalue weighted by Crippen LogP contribution is -2.26. The van der Waals surface area contributed by atoms with E-state index in [0.717, 1.165) is 30.9 Å². The number of esters is 1. The fourth-order valence-corrected chi connectivity index (χ4v) is 2.46. The van der Waals surface area contributed by atoms with Crippen LogP contribution in [0.3, 0.4) is 0 Å². The fraction of sp³-hybridized carbons (Fsp3) is 0.471. The van der Waals surface area contributed by atoms with Gasteiger partial charge in [-0.05, 0) is 37.6 Å². The molecule has 0 aliphatic carbocycles. The lowest BCUT2D eigenvalue weighted by atomic mass is 10.1. The highest BCUT2D eigenvalue weighted by atomic mass is 16.7. The lowest BCUT2D eigenvalue weighted by molar-refractivity contribution is -0.183. The molecular weight excluding hydrogens is 326 g/mol. The fourth-order valence-electron chi connectivity index (χ4n) is 2.46. The number of nitrogens with one attached hydrogen (secondary N) is 1. The zero-order valence-corrected chi connectivity index (χ0v) is 14.1. The maximum Gasteiger partial charge on any atom is 0.361 e. The molecule has 1 aliphatic heterocycles. The average molecular weight is 347 g/mol. The van der Waals surface area contributed by atoms with Gasteiger partial charge in [0.1, 0.15) is 11.4 Å². The van der Waals surface area contributed by atoms with Crippen LogP contribution in [0.4, 0.5) is 0 Å². The Bertz CT molecular complexity index is 680. The zero-order chi connectivity index (χ0) is 17.5. The van der Waals surface area contributed by atoms with Crippen molar-refractivity contribution >= 4 is 5.97 Å². The summed E-state index contributed by atoms with van der Waals surface area (Å²) in [6.07, 6.45) is 1.43. The molecule has 1 aromatic heterocycles. The van der Waals surface area contributed by atoms with Crippen molar-refractivity contribution in [3.8, 4) is 17.0 Å². The van der Waals surface area contributed by atoms with Crippen molar-refractivity contribution in [3.63, 3.8) is 0 Å². The van der Waals surface area contributed by atoms with Crippen molar-refractivity contribution in [2.24, 2.45) is 0 Å². The van der Waals surface area contributed by atoms with E-state index in [1.807, 2.05) is 24.3 Å². The standard InChI is InChI=1S/C17H21N3O5/c1-2-22-17(21)16-15(18-20-19-16)12-4-6-13(7-5-12)23-11-8-14-24-9-3-10-25-14/h4-7,14H,2-3,8-11H2,1H3,(H,18,19,20). The Morgan fingerprint density at radius 2 is 2.00 bits per heavy atom. The van der Waals surface area contributed by atoms with Crippen LogP contribution in [-0.4, -0.2) is 54.1 Å². The molecule has 1 saturated heterocycles. The summed E-state index contributed by atoms with van der Waals surface area (Å²) in [5, 5.41) is 10.4. The molecule has 0 unspecified atom stereocenters. The largest absolute Gasteiger partial charge is 0.493 e. The Labute approximate surface area is 145 Å². The third kappa shape index (κ3) is 4.55. The van der Waals surface area contributed by atoms with Crippen molar-refractivity contribution in [1.82, 2.24) is 15.4 Å². The number of carbonyl (C=O) groups is 1. The molecule has 2 heterocycles. The molecule has 1 fully saturated rings. The molecule has 3 rings (SSSR count). The van der Waals surface area contributed by atoms with Crippen LogP contribution in [0, 0.1) is 0 Å². The van der Waals surface area contributed by atoms with Crippen LogP contribution in [-0.2, 0) is 14.2 Å². The summed E-state index contributed by atoms with van der Waals surface area (Å²) in [7, 11) is 0. The van der Waals surface area contributed by atoms with Crippen LogP contribution in [0.25, 0.3) is 11.3 Å². The Balaban J connectivity index is 1.57. The first-order valence-electron chi connectivity index (χ1n) is 8.32. The number of aromatic amines is 1. The summed E-state index contributed by atoms with van der Waals surface area (Å²) in [5.41, 5.74) is 1.37. The summed E-state index contributed by atoms with van der Waals surface area (Å²) in [4.78, 5) is 11.9. The minimum Gasteiger partial charge on any atom is -0.493 e. The van der Waals surface area contributed by atoms with E-state index >= 15 is 0 Å². The molecular formula is C17H21N3O5. The first-order chi connectivity index (χ1) is 12.3. The highest BCUT2D eigenvalue weighted by molar-refractivity contribution is 5.93. The number of hydrogen-bond donors (Lipinski definition) is 1. The minimum atomic E-state index is -0.501. The molecule has 1 aromatic carbocycles. The molecule has 1 aliphatic rings. The van der Waals surface area contributed by atoms with Crippen molar-refractivity contribution in [3.05, 3.63) is 30.0 Å². The van der Waals surface area contributed by atoms with Crippen LogP contribution >= 0.6 is 0 Å². The average Bonchev–Trinajstić information content (AvgIpc) is 3.13. The van der Waals surface area contributed by atoms with E-state index in [1.165, 1.54) is 0 Å². The predicted octanol–water partition coefficient (Wildman–Crippen LogP) is 2.18. The number of aromatic nitrogens is 3. The van der Waals surface area contributed by atoms with Gasteiger partial charge in [-0.15, -0.1) is 5.10 Å². The molecule has 0 radical (unpaired) electrons. The highest BCUT2D eigenvalue weighted by Gasteiger charge is 2.19. The maximum atomic E-state index is 11.9. The Morgan fingerprint density at radius 3 is 2.72 bits per heavy atom. The normalized spacial score (nSPS) is 15.1. The van der Waals surface area contributed by atoms with Gasteiger partial charge in [0.15, 0.2) is 12.0 Å². The van der Waals surface area contributed by atoms with Gasteiger partial charge in [0.2, 0.25) is 0 Å². The molecule has 0 atom stereocenters. The number of rotatable bonds is 7. The van der Waals surface area contributed by atoms with Gasteiger partial charge in [-0.25, -0.2) is 4.79 Å². The summed E-state index contributed by atoms with van der Waals surface area (Å²) in [6.45, 7) is 4.00. The topological polar surface area (TPSA) is 95.6 Å². The van der Waals surface area contributed by atoms with Crippen LogP contribution in [0.2, 0.25) is 0 Å². The third-order valence-electron chi connectivity index (χ3n) is 3.66. The third-order valence-corrected chi connectivity index (χ3v) is 3.66. The number of nitrogens with zero attached hydrogens (tertiary/aromatic N) is 2. The summed E-state index contributed by atoms with van der Waals surface area (Å²) in [5.74, 6) is 0.222. The van der Waals surface area contributed by atoms with Crippen molar-refractivity contribution in [2.45, 2.75) is 26.1 Å². The number of hydrogen-bond acceptors (Lipinski definition) is 7. The quantitative estimate of drug-likeness (QED) is 0.767. The first kappa shape index (κ1) is 17.4. The SMILES string of the molecule is CCOC(=O)c1n[nH]nc1-c1ccc(OCCC2OCCCO2)cc1. The molecule has 8 nitrogen and oxygen atoms in total. The van der Waals surface area contributed by atoms with Gasteiger partial charge in [0.05, 0.1) is 26.4 Å². The monoisotopic (exact) mass is 347 g/mol. The van der Waals surface area contributed by atoms with Gasteiger partial charge in [-0.1, -0.05) is 0 Å². The van der Waals surface area contributed by atoms with Gasteiger partial charge in [-0.3, -0.25) is 0 Å². The van der Waals surface area contributed by atoms with E-state index in [4.69, 9.17) is 18.9 Å². The molecule has 1 N–H and O–H groups in total. The molecule has 134 valence electrons. The van der Waals surface area contributed by atoms with Gasteiger partial charge in [-0.2, -0.15) is 10.3 Å². The highest BCUT2D eigenvalue weighted by Crippen LogP contribution is 2.23. The van der Waals surface area contributed by atoms with E-state index in [9.17, 15) is 4.79 Å². The minimum absolute atomic E-state index is 0.169. The zero-order valence-electron chi connectivity index (χ0n) is 14.1. The van der Waals surface area contributed by atoms with Gasteiger partial charge in [0.25, 0.3) is 0 Å². The summed E-state index contributed by atoms with van der Waals surface area (Å²) < 4.78 is 21.6. The first-order valence-corrected chi connectivity index (χ1v) is 8.32. The molecule has 25 heavy (non-hydrogen) atoms. The predicted molar refractivity (Wildman–Crippen MR) is 88.2 cm³/mol. The second kappa shape index (κ2) is 8.59. The summed E-state index contributed by atoms with van der Waals surface area (Å²) >= 11 is 0. The van der Waals surface area contributed by atoms with Crippen LogP contribution in [0.5, 0.6) is 5.75 Å². The number of carbonyl (C=O) groups excluding carboxylic acids is 1. The Kier molecular flexibility index (Phi) is 5.97. The van der Waals surface area contributed by atoms with Crippen LogP contribution < -0.4 is 4.74 Å². The van der Waals surface area contributed by atoms with Gasteiger partial charge < -0.3 is 18.9 Å². The molecule has 0 saturated carbocycles. The Morgan fingerprint density at radius 1 is 1.24 bits per heavy atom. The van der Waals surface area contributed by atoms with E-state index in [2.05, 4.69) is 15.4 Å². The molecule has 0 bridgehead atoms.